The minimum absolute atomic E-state index is 0.0877. The van der Waals surface area contributed by atoms with Crippen LogP contribution in [0.25, 0.3) is 11.1 Å². The second kappa shape index (κ2) is 11.3. The number of fused-ring (bicyclic) bond motifs is 3. The minimum atomic E-state index is -0.941. The van der Waals surface area contributed by atoms with Gasteiger partial charge in [0.25, 0.3) is 0 Å². The molecule has 2 amide bonds. The molecule has 9 heteroatoms. The van der Waals surface area contributed by atoms with Crippen LogP contribution in [0.4, 0.5) is 9.59 Å². The molecule has 1 fully saturated rings. The van der Waals surface area contributed by atoms with Crippen molar-refractivity contribution >= 4 is 18.2 Å². The van der Waals surface area contributed by atoms with E-state index in [1.165, 1.54) is 9.80 Å². The summed E-state index contributed by atoms with van der Waals surface area (Å²) in [4.78, 5) is 40.7. The molecule has 1 aliphatic heterocycles. The van der Waals surface area contributed by atoms with Crippen LogP contribution in [-0.2, 0) is 19.0 Å². The number of hydrogen-bond donors (Lipinski definition) is 1. The Morgan fingerprint density at radius 3 is 2.21 bits per heavy atom. The van der Waals surface area contributed by atoms with Crippen molar-refractivity contribution in [3.05, 3.63) is 59.7 Å². The van der Waals surface area contributed by atoms with Crippen molar-refractivity contribution in [3.8, 4) is 11.1 Å². The van der Waals surface area contributed by atoms with Crippen LogP contribution in [0.2, 0.25) is 0 Å². The van der Waals surface area contributed by atoms with Gasteiger partial charge in [-0.1, -0.05) is 48.5 Å². The Morgan fingerprint density at radius 1 is 1.05 bits per heavy atom. The summed E-state index contributed by atoms with van der Waals surface area (Å²) in [5, 5.41) is 9.15. The predicted octanol–water partition coefficient (Wildman–Crippen LogP) is 5.47. The average molecular weight is 539 g/mol. The van der Waals surface area contributed by atoms with E-state index in [-0.39, 0.29) is 45.1 Å². The summed E-state index contributed by atoms with van der Waals surface area (Å²) in [6.45, 7) is 9.57. The van der Waals surface area contributed by atoms with Crippen LogP contribution in [-0.4, -0.2) is 76.7 Å². The van der Waals surface area contributed by atoms with Gasteiger partial charge in [0.1, 0.15) is 17.9 Å². The van der Waals surface area contributed by atoms with E-state index in [4.69, 9.17) is 19.3 Å². The highest BCUT2D eigenvalue weighted by molar-refractivity contribution is 5.79. The highest BCUT2D eigenvalue weighted by Gasteiger charge is 2.46. The van der Waals surface area contributed by atoms with Gasteiger partial charge in [-0.15, -0.1) is 0 Å². The van der Waals surface area contributed by atoms with Crippen LogP contribution >= 0.6 is 0 Å². The molecule has 0 unspecified atom stereocenters. The highest BCUT2D eigenvalue weighted by atomic mass is 16.6. The predicted molar refractivity (Wildman–Crippen MR) is 145 cm³/mol. The summed E-state index contributed by atoms with van der Waals surface area (Å²) in [7, 11) is 0. The van der Waals surface area contributed by atoms with Gasteiger partial charge < -0.3 is 24.2 Å². The molecule has 0 spiro atoms. The minimum Gasteiger partial charge on any atom is -0.481 e. The third-order valence-electron chi connectivity index (χ3n) is 7.01. The number of carbonyl (C=O) groups excluding carboxylic acids is 2. The number of aliphatic carboxylic acids is 1. The molecule has 1 atom stereocenters. The number of benzene rings is 2. The van der Waals surface area contributed by atoms with Gasteiger partial charge in [0, 0.05) is 25.4 Å². The molecular weight excluding hydrogens is 500 g/mol. The molecule has 1 aliphatic carbocycles. The fraction of sp³-hybridized carbons (Fsp3) is 0.500. The van der Waals surface area contributed by atoms with Crippen molar-refractivity contribution in [2.75, 3.05) is 26.3 Å². The first-order valence-electron chi connectivity index (χ1n) is 13.4. The number of carboxylic acid groups (broad SMARTS) is 1. The first-order chi connectivity index (χ1) is 18.4. The fourth-order valence-corrected chi connectivity index (χ4v) is 5.32. The number of carbonyl (C=O) groups is 3. The molecule has 210 valence electrons. The number of amides is 2. The third kappa shape index (κ3) is 6.53. The molecule has 1 saturated heterocycles. The Bertz CT molecular complexity index is 1170. The van der Waals surface area contributed by atoms with E-state index in [9.17, 15) is 14.4 Å². The molecule has 0 aromatic heterocycles. The maximum absolute atomic E-state index is 13.4. The number of nitrogens with zero attached hydrogens (tertiary/aromatic N) is 2. The van der Waals surface area contributed by atoms with Gasteiger partial charge in [-0.3, -0.25) is 9.69 Å². The Morgan fingerprint density at radius 2 is 1.64 bits per heavy atom. The molecule has 4 rings (SSSR count). The van der Waals surface area contributed by atoms with Gasteiger partial charge >= 0.3 is 18.2 Å². The van der Waals surface area contributed by atoms with Gasteiger partial charge in [0.15, 0.2) is 0 Å². The van der Waals surface area contributed by atoms with Gasteiger partial charge in [0.2, 0.25) is 0 Å². The Kier molecular flexibility index (Phi) is 8.20. The molecule has 1 heterocycles. The van der Waals surface area contributed by atoms with Gasteiger partial charge in [-0.25, -0.2) is 9.59 Å². The molecule has 1 N–H and O–H groups in total. The SMILES string of the molecule is CC(C)(C)OC(=O)N1[C@@H](CN(CCCC(=O)O)C(=O)OCC2c3ccccc3-c3ccccc32)COC1(C)C. The maximum Gasteiger partial charge on any atom is 0.412 e. The topological polar surface area (TPSA) is 106 Å². The lowest BCUT2D eigenvalue weighted by atomic mass is 9.98. The lowest BCUT2D eigenvalue weighted by Gasteiger charge is -2.36. The summed E-state index contributed by atoms with van der Waals surface area (Å²) in [5.74, 6) is -1.04. The molecule has 0 saturated carbocycles. The van der Waals surface area contributed by atoms with Crippen LogP contribution in [0.15, 0.2) is 48.5 Å². The summed E-state index contributed by atoms with van der Waals surface area (Å²) in [6.07, 6.45) is -0.928. The van der Waals surface area contributed by atoms with Crippen molar-refractivity contribution in [1.29, 1.82) is 0 Å². The highest BCUT2D eigenvalue weighted by Crippen LogP contribution is 2.44. The summed E-state index contributed by atoms with van der Waals surface area (Å²) in [5.41, 5.74) is 2.84. The molecular formula is C30H38N2O7. The molecule has 0 bridgehead atoms. The maximum atomic E-state index is 13.4. The van der Waals surface area contributed by atoms with E-state index < -0.39 is 35.5 Å². The quantitative estimate of drug-likeness (QED) is 0.475. The summed E-state index contributed by atoms with van der Waals surface area (Å²) in [6, 6.07) is 15.7. The zero-order chi connectivity index (χ0) is 28.4. The first-order valence-corrected chi connectivity index (χ1v) is 13.4. The first kappa shape index (κ1) is 28.4. The van der Waals surface area contributed by atoms with Crippen molar-refractivity contribution < 1.29 is 33.7 Å². The van der Waals surface area contributed by atoms with Crippen LogP contribution in [0.3, 0.4) is 0 Å². The number of carboxylic acids is 1. The van der Waals surface area contributed by atoms with Crippen molar-refractivity contribution in [2.45, 2.75) is 70.7 Å². The smallest absolute Gasteiger partial charge is 0.412 e. The van der Waals surface area contributed by atoms with Crippen LogP contribution in [0.1, 0.15) is 64.5 Å². The molecule has 39 heavy (non-hydrogen) atoms. The Hall–Kier alpha value is -3.59. The average Bonchev–Trinajstić information content (AvgIpc) is 3.34. The van der Waals surface area contributed by atoms with E-state index in [0.717, 1.165) is 22.3 Å². The summed E-state index contributed by atoms with van der Waals surface area (Å²) < 4.78 is 17.4. The molecule has 9 nitrogen and oxygen atoms in total. The number of rotatable bonds is 8. The van der Waals surface area contributed by atoms with Crippen molar-refractivity contribution in [3.63, 3.8) is 0 Å². The van der Waals surface area contributed by atoms with E-state index in [1.54, 1.807) is 34.6 Å². The zero-order valence-electron chi connectivity index (χ0n) is 23.3. The number of hydrogen-bond acceptors (Lipinski definition) is 6. The fourth-order valence-electron chi connectivity index (χ4n) is 5.32. The Labute approximate surface area is 229 Å². The lowest BCUT2D eigenvalue weighted by molar-refractivity contribution is -0.137. The van der Waals surface area contributed by atoms with Crippen molar-refractivity contribution in [2.24, 2.45) is 0 Å². The van der Waals surface area contributed by atoms with Gasteiger partial charge in [-0.05, 0) is 63.3 Å². The monoisotopic (exact) mass is 538 g/mol. The van der Waals surface area contributed by atoms with E-state index in [0.29, 0.717) is 0 Å². The van der Waals surface area contributed by atoms with Crippen LogP contribution < -0.4 is 0 Å². The van der Waals surface area contributed by atoms with Gasteiger partial charge in [0.05, 0.1) is 12.6 Å². The molecule has 0 radical (unpaired) electrons. The zero-order valence-corrected chi connectivity index (χ0v) is 23.3. The molecule has 2 aliphatic rings. The molecule has 2 aromatic carbocycles. The van der Waals surface area contributed by atoms with Crippen LogP contribution in [0, 0.1) is 0 Å². The van der Waals surface area contributed by atoms with Crippen LogP contribution in [0.5, 0.6) is 0 Å². The second-order valence-electron chi connectivity index (χ2n) is 11.5. The number of ether oxygens (including phenoxy) is 3. The summed E-state index contributed by atoms with van der Waals surface area (Å²) >= 11 is 0. The van der Waals surface area contributed by atoms with E-state index >= 15 is 0 Å². The van der Waals surface area contributed by atoms with E-state index in [2.05, 4.69) is 24.3 Å². The van der Waals surface area contributed by atoms with Gasteiger partial charge in [-0.2, -0.15) is 0 Å². The second-order valence-corrected chi connectivity index (χ2v) is 11.5. The van der Waals surface area contributed by atoms with Crippen molar-refractivity contribution in [1.82, 2.24) is 9.80 Å². The molecule has 2 aromatic rings. The normalized spacial score (nSPS) is 17.9. The lowest BCUT2D eigenvalue weighted by Crippen LogP contribution is -2.53. The Balaban J connectivity index is 1.50. The van der Waals surface area contributed by atoms with E-state index in [1.807, 2.05) is 24.3 Å². The largest absolute Gasteiger partial charge is 0.481 e. The third-order valence-corrected chi connectivity index (χ3v) is 7.01. The standard InChI is InChI=1S/C30H38N2O7/c1-29(2,3)39-28(36)32-20(18-38-30(32,4)5)17-31(16-10-15-26(33)34)27(35)37-19-25-23-13-8-6-11-21(23)22-12-7-9-14-24(22)25/h6-9,11-14,20,25H,10,15-19H2,1-5H3,(H,33,34)/t20-/m0/s1.